The van der Waals surface area contributed by atoms with Gasteiger partial charge in [0.05, 0.1) is 18.8 Å². The predicted molar refractivity (Wildman–Crippen MR) is 68.2 cm³/mol. The molecule has 0 spiro atoms. The van der Waals surface area contributed by atoms with Crippen molar-refractivity contribution in [2.75, 3.05) is 26.2 Å². The smallest absolute Gasteiger partial charge is 0.321 e. The van der Waals surface area contributed by atoms with Crippen molar-refractivity contribution in [1.82, 2.24) is 15.5 Å². The highest BCUT2D eigenvalue weighted by Crippen LogP contribution is 2.09. The van der Waals surface area contributed by atoms with Gasteiger partial charge in [-0.25, -0.2) is 4.79 Å². The number of carbonyl (C=O) groups is 2. The standard InChI is InChI=1S/C12H21N3O3/c1-4-5-13-12(17)14-11(16)8-15-6-9(2)18-10(3)7-15/h4,9-10H,1,5-8H2,2-3H3,(H2,13,14,16,17). The summed E-state index contributed by atoms with van der Waals surface area (Å²) in [4.78, 5) is 24.8. The first-order chi connectivity index (χ1) is 8.51. The number of imide groups is 1. The first-order valence-electron chi connectivity index (χ1n) is 6.07. The molecule has 3 amide bonds. The van der Waals surface area contributed by atoms with Crippen LogP contribution in [0.25, 0.3) is 0 Å². The van der Waals surface area contributed by atoms with Crippen LogP contribution < -0.4 is 10.6 Å². The van der Waals surface area contributed by atoms with Crippen LogP contribution in [0.2, 0.25) is 0 Å². The third-order valence-corrected chi connectivity index (χ3v) is 2.52. The van der Waals surface area contributed by atoms with E-state index in [1.807, 2.05) is 18.7 Å². The van der Waals surface area contributed by atoms with Crippen molar-refractivity contribution in [2.24, 2.45) is 0 Å². The Bertz CT molecular complexity index is 310. The summed E-state index contributed by atoms with van der Waals surface area (Å²) >= 11 is 0. The highest BCUT2D eigenvalue weighted by atomic mass is 16.5. The van der Waals surface area contributed by atoms with Gasteiger partial charge in [0.15, 0.2) is 0 Å². The molecule has 1 saturated heterocycles. The molecule has 18 heavy (non-hydrogen) atoms. The van der Waals surface area contributed by atoms with Gasteiger partial charge < -0.3 is 10.1 Å². The van der Waals surface area contributed by atoms with Crippen LogP contribution in [0, 0.1) is 0 Å². The highest BCUT2D eigenvalue weighted by molar-refractivity contribution is 5.95. The van der Waals surface area contributed by atoms with Crippen LogP contribution in [0.1, 0.15) is 13.8 Å². The lowest BCUT2D eigenvalue weighted by Gasteiger charge is -2.34. The summed E-state index contributed by atoms with van der Waals surface area (Å²) in [5, 5.41) is 4.76. The third kappa shape index (κ3) is 5.29. The molecule has 1 fully saturated rings. The zero-order valence-corrected chi connectivity index (χ0v) is 10.9. The fourth-order valence-corrected chi connectivity index (χ4v) is 1.99. The minimum absolute atomic E-state index is 0.108. The molecule has 2 N–H and O–H groups in total. The third-order valence-electron chi connectivity index (χ3n) is 2.52. The van der Waals surface area contributed by atoms with Crippen LogP contribution in [0.4, 0.5) is 4.79 Å². The van der Waals surface area contributed by atoms with Gasteiger partial charge in [-0.2, -0.15) is 0 Å². The normalized spacial score (nSPS) is 24.3. The van der Waals surface area contributed by atoms with E-state index in [4.69, 9.17) is 4.74 Å². The number of nitrogens with zero attached hydrogens (tertiary/aromatic N) is 1. The summed E-state index contributed by atoms with van der Waals surface area (Å²) in [5.74, 6) is -0.308. The van der Waals surface area contributed by atoms with E-state index in [1.165, 1.54) is 0 Å². The van der Waals surface area contributed by atoms with Gasteiger partial charge in [-0.15, -0.1) is 6.58 Å². The Balaban J connectivity index is 2.30. The van der Waals surface area contributed by atoms with Crippen LogP contribution in [-0.2, 0) is 9.53 Å². The van der Waals surface area contributed by atoms with Crippen LogP contribution in [0.5, 0.6) is 0 Å². The molecular formula is C12H21N3O3. The molecule has 1 rings (SSSR count). The summed E-state index contributed by atoms with van der Waals surface area (Å²) in [5.41, 5.74) is 0. The number of morpholine rings is 1. The maximum absolute atomic E-state index is 11.6. The molecule has 6 heteroatoms. The van der Waals surface area contributed by atoms with Gasteiger partial charge in [0, 0.05) is 19.6 Å². The van der Waals surface area contributed by atoms with E-state index in [0.29, 0.717) is 19.6 Å². The van der Waals surface area contributed by atoms with E-state index in [-0.39, 0.29) is 24.7 Å². The summed E-state index contributed by atoms with van der Waals surface area (Å²) in [6, 6.07) is -0.491. The van der Waals surface area contributed by atoms with Crippen molar-refractivity contribution in [3.05, 3.63) is 12.7 Å². The van der Waals surface area contributed by atoms with Crippen molar-refractivity contribution in [2.45, 2.75) is 26.1 Å². The average molecular weight is 255 g/mol. The molecule has 6 nitrogen and oxygen atoms in total. The van der Waals surface area contributed by atoms with E-state index >= 15 is 0 Å². The molecule has 2 unspecified atom stereocenters. The quantitative estimate of drug-likeness (QED) is 0.699. The number of ether oxygens (including phenoxy) is 1. The van der Waals surface area contributed by atoms with Crippen LogP contribution in [-0.4, -0.2) is 55.2 Å². The number of rotatable bonds is 4. The highest BCUT2D eigenvalue weighted by Gasteiger charge is 2.23. The van der Waals surface area contributed by atoms with E-state index in [1.54, 1.807) is 6.08 Å². The summed E-state index contributed by atoms with van der Waals surface area (Å²) in [7, 11) is 0. The van der Waals surface area contributed by atoms with Crippen molar-refractivity contribution < 1.29 is 14.3 Å². The molecule has 0 aromatic heterocycles. The van der Waals surface area contributed by atoms with Crippen LogP contribution in [0.3, 0.4) is 0 Å². The van der Waals surface area contributed by atoms with Gasteiger partial charge in [0.25, 0.3) is 0 Å². The van der Waals surface area contributed by atoms with E-state index in [0.717, 1.165) is 0 Å². The Kier molecular flexibility index (Phi) is 5.80. The van der Waals surface area contributed by atoms with Gasteiger partial charge in [0.2, 0.25) is 5.91 Å². The molecule has 0 aromatic carbocycles. The Morgan fingerprint density at radius 1 is 1.39 bits per heavy atom. The van der Waals surface area contributed by atoms with Gasteiger partial charge >= 0.3 is 6.03 Å². The van der Waals surface area contributed by atoms with Crippen molar-refractivity contribution in [3.8, 4) is 0 Å². The molecule has 102 valence electrons. The molecule has 0 aliphatic carbocycles. The maximum Gasteiger partial charge on any atom is 0.321 e. The van der Waals surface area contributed by atoms with Crippen molar-refractivity contribution in [1.29, 1.82) is 0 Å². The van der Waals surface area contributed by atoms with Crippen LogP contribution >= 0.6 is 0 Å². The first kappa shape index (κ1) is 14.7. The molecule has 0 saturated carbocycles. The molecule has 1 aliphatic heterocycles. The number of urea groups is 1. The fraction of sp³-hybridized carbons (Fsp3) is 0.667. The monoisotopic (exact) mass is 255 g/mol. The zero-order chi connectivity index (χ0) is 13.5. The lowest BCUT2D eigenvalue weighted by Crippen LogP contribution is -2.50. The van der Waals surface area contributed by atoms with Crippen molar-refractivity contribution >= 4 is 11.9 Å². The Hall–Kier alpha value is -1.40. The molecule has 1 aliphatic rings. The number of hydrogen-bond donors (Lipinski definition) is 2. The molecule has 0 bridgehead atoms. The maximum atomic E-state index is 11.6. The largest absolute Gasteiger partial charge is 0.373 e. The van der Waals surface area contributed by atoms with Gasteiger partial charge in [0.1, 0.15) is 0 Å². The average Bonchev–Trinajstić information content (AvgIpc) is 2.24. The Labute approximate surface area is 107 Å². The second kappa shape index (κ2) is 7.13. The minimum Gasteiger partial charge on any atom is -0.373 e. The second-order valence-electron chi connectivity index (χ2n) is 4.50. The number of carbonyl (C=O) groups excluding carboxylic acids is 2. The number of amides is 3. The molecular weight excluding hydrogens is 234 g/mol. The van der Waals surface area contributed by atoms with Crippen molar-refractivity contribution in [3.63, 3.8) is 0 Å². The molecule has 0 radical (unpaired) electrons. The number of hydrogen-bond acceptors (Lipinski definition) is 4. The molecule has 2 atom stereocenters. The second-order valence-corrected chi connectivity index (χ2v) is 4.50. The fourth-order valence-electron chi connectivity index (χ4n) is 1.99. The summed E-state index contributed by atoms with van der Waals surface area (Å²) in [6.07, 6.45) is 1.77. The van der Waals surface area contributed by atoms with E-state index in [2.05, 4.69) is 17.2 Å². The predicted octanol–water partition coefficient (Wildman–Crippen LogP) is 0.107. The van der Waals surface area contributed by atoms with E-state index in [9.17, 15) is 9.59 Å². The topological polar surface area (TPSA) is 70.7 Å². The van der Waals surface area contributed by atoms with Gasteiger partial charge in [-0.05, 0) is 13.8 Å². The zero-order valence-electron chi connectivity index (χ0n) is 10.9. The van der Waals surface area contributed by atoms with Gasteiger partial charge in [-0.3, -0.25) is 15.0 Å². The summed E-state index contributed by atoms with van der Waals surface area (Å²) < 4.78 is 5.57. The Morgan fingerprint density at radius 2 is 2.00 bits per heavy atom. The lowest BCUT2D eigenvalue weighted by atomic mass is 10.2. The number of nitrogens with one attached hydrogen (secondary N) is 2. The molecule has 1 heterocycles. The van der Waals surface area contributed by atoms with Crippen LogP contribution in [0.15, 0.2) is 12.7 Å². The summed E-state index contributed by atoms with van der Waals surface area (Å²) in [6.45, 7) is 9.36. The lowest BCUT2D eigenvalue weighted by molar-refractivity contribution is -0.124. The SMILES string of the molecule is C=CCNC(=O)NC(=O)CN1CC(C)OC(C)C1. The Morgan fingerprint density at radius 3 is 2.56 bits per heavy atom. The minimum atomic E-state index is -0.491. The van der Waals surface area contributed by atoms with E-state index < -0.39 is 6.03 Å². The molecule has 0 aromatic rings. The first-order valence-corrected chi connectivity index (χ1v) is 6.07. The van der Waals surface area contributed by atoms with Gasteiger partial charge in [-0.1, -0.05) is 6.08 Å².